The summed E-state index contributed by atoms with van der Waals surface area (Å²) in [6, 6.07) is 11.7. The molecule has 1 N–H and O–H groups in total. The van der Waals surface area contributed by atoms with Gasteiger partial charge >= 0.3 is 6.18 Å². The van der Waals surface area contributed by atoms with E-state index in [1.807, 2.05) is 0 Å². The number of hydrogen-bond acceptors (Lipinski definition) is 3. The number of halogens is 4. The molecule has 132 valence electrons. The van der Waals surface area contributed by atoms with Crippen molar-refractivity contribution < 1.29 is 18.0 Å². The highest BCUT2D eigenvalue weighted by Gasteiger charge is 2.30. The Balaban J connectivity index is 1.92. The van der Waals surface area contributed by atoms with Crippen LogP contribution in [0.15, 0.2) is 58.5 Å². The lowest BCUT2D eigenvalue weighted by atomic mass is 10.1. The largest absolute Gasteiger partial charge is 0.416 e. The molecule has 8 heteroatoms. The van der Waals surface area contributed by atoms with Gasteiger partial charge in [0.05, 0.1) is 17.0 Å². The lowest BCUT2D eigenvalue weighted by molar-refractivity contribution is -0.137. The van der Waals surface area contributed by atoms with Gasteiger partial charge in [0.1, 0.15) is 0 Å². The number of hydrogen-bond donors (Lipinski definition) is 1. The van der Waals surface area contributed by atoms with Crippen molar-refractivity contribution in [2.45, 2.75) is 23.2 Å². The van der Waals surface area contributed by atoms with Crippen LogP contribution in [0.25, 0.3) is 0 Å². The fourth-order valence-corrected chi connectivity index (χ4v) is 2.81. The van der Waals surface area contributed by atoms with Gasteiger partial charge in [-0.15, -0.1) is 11.8 Å². The molecule has 0 saturated heterocycles. The normalized spacial score (nSPS) is 13.0. The number of amides is 1. The van der Waals surface area contributed by atoms with Gasteiger partial charge in [0.2, 0.25) is 0 Å². The molecule has 1 unspecified atom stereocenters. The quantitative estimate of drug-likeness (QED) is 0.447. The van der Waals surface area contributed by atoms with E-state index in [0.29, 0.717) is 5.02 Å². The van der Waals surface area contributed by atoms with Crippen molar-refractivity contribution in [2.24, 2.45) is 5.10 Å². The van der Waals surface area contributed by atoms with Crippen molar-refractivity contribution in [2.75, 3.05) is 0 Å². The third kappa shape index (κ3) is 6.10. The first-order valence-electron chi connectivity index (χ1n) is 7.18. The van der Waals surface area contributed by atoms with E-state index in [1.165, 1.54) is 30.1 Å². The van der Waals surface area contributed by atoms with Crippen LogP contribution in [0.5, 0.6) is 0 Å². The molecule has 0 radical (unpaired) electrons. The van der Waals surface area contributed by atoms with Crippen LogP contribution >= 0.6 is 23.4 Å². The number of rotatable bonds is 5. The van der Waals surface area contributed by atoms with Crippen LogP contribution in [0, 0.1) is 0 Å². The van der Waals surface area contributed by atoms with Gasteiger partial charge in [-0.05, 0) is 48.9 Å². The molecule has 2 rings (SSSR count). The number of nitrogens with zero attached hydrogens (tertiary/aromatic N) is 1. The van der Waals surface area contributed by atoms with E-state index in [-0.39, 0.29) is 11.5 Å². The Labute approximate surface area is 152 Å². The maximum Gasteiger partial charge on any atom is 0.416 e. The van der Waals surface area contributed by atoms with Crippen molar-refractivity contribution in [1.82, 2.24) is 5.43 Å². The van der Waals surface area contributed by atoms with Crippen molar-refractivity contribution in [3.05, 3.63) is 64.7 Å². The molecule has 0 aliphatic heterocycles. The zero-order valence-electron chi connectivity index (χ0n) is 13.0. The van der Waals surface area contributed by atoms with Gasteiger partial charge in [-0.2, -0.15) is 18.3 Å². The fraction of sp³-hybridized carbons (Fsp3) is 0.176. The second-order valence-corrected chi connectivity index (χ2v) is 6.92. The monoisotopic (exact) mass is 386 g/mol. The summed E-state index contributed by atoms with van der Waals surface area (Å²) in [5.74, 6) is -0.358. The van der Waals surface area contributed by atoms with E-state index >= 15 is 0 Å². The highest BCUT2D eigenvalue weighted by Crippen LogP contribution is 2.29. The summed E-state index contributed by atoms with van der Waals surface area (Å²) in [6.45, 7) is 1.70. The standard InChI is InChI=1S/C17H14ClF3N2OS/c1-11(25-15-7-5-14(18)6-8-15)16(24)23-22-10-12-3-2-4-13(9-12)17(19,20)21/h2-11H,1H3,(H,23,24)/b22-10+. The van der Waals surface area contributed by atoms with Crippen LogP contribution in [-0.2, 0) is 11.0 Å². The first kappa shape index (κ1) is 19.3. The van der Waals surface area contributed by atoms with E-state index in [9.17, 15) is 18.0 Å². The molecule has 25 heavy (non-hydrogen) atoms. The maximum absolute atomic E-state index is 12.6. The van der Waals surface area contributed by atoms with Gasteiger partial charge in [0, 0.05) is 9.92 Å². The van der Waals surface area contributed by atoms with Gasteiger partial charge in [0.25, 0.3) is 5.91 Å². The fourth-order valence-electron chi connectivity index (χ4n) is 1.83. The minimum absolute atomic E-state index is 0.244. The van der Waals surface area contributed by atoms with Crippen molar-refractivity contribution in [3.8, 4) is 0 Å². The lowest BCUT2D eigenvalue weighted by Gasteiger charge is -2.09. The molecule has 2 aromatic rings. The summed E-state index contributed by atoms with van der Waals surface area (Å²) in [7, 11) is 0. The van der Waals surface area contributed by atoms with E-state index in [1.54, 1.807) is 31.2 Å². The lowest BCUT2D eigenvalue weighted by Crippen LogP contribution is -2.26. The summed E-state index contributed by atoms with van der Waals surface area (Å²) in [6.07, 6.45) is -3.25. The molecule has 0 spiro atoms. The Morgan fingerprint density at radius 3 is 2.56 bits per heavy atom. The van der Waals surface area contributed by atoms with Gasteiger partial charge in [-0.25, -0.2) is 5.43 Å². The minimum Gasteiger partial charge on any atom is -0.272 e. The molecule has 0 aliphatic carbocycles. The second-order valence-electron chi connectivity index (χ2n) is 5.07. The zero-order valence-corrected chi connectivity index (χ0v) is 14.6. The Morgan fingerprint density at radius 2 is 1.92 bits per heavy atom. The molecule has 0 fully saturated rings. The molecule has 1 amide bonds. The number of alkyl halides is 3. The first-order chi connectivity index (χ1) is 11.8. The van der Waals surface area contributed by atoms with E-state index < -0.39 is 17.0 Å². The number of thioether (sulfide) groups is 1. The highest BCUT2D eigenvalue weighted by atomic mass is 35.5. The first-order valence-corrected chi connectivity index (χ1v) is 8.44. The van der Waals surface area contributed by atoms with Crippen LogP contribution in [0.2, 0.25) is 5.02 Å². The Hall–Kier alpha value is -1.99. The van der Waals surface area contributed by atoms with Gasteiger partial charge < -0.3 is 0 Å². The van der Waals surface area contributed by atoms with Gasteiger partial charge in [-0.3, -0.25) is 4.79 Å². The minimum atomic E-state index is -4.42. The van der Waals surface area contributed by atoms with E-state index in [4.69, 9.17) is 11.6 Å². The number of benzene rings is 2. The summed E-state index contributed by atoms with van der Waals surface area (Å²) in [5, 5.41) is 3.89. The molecule has 0 saturated carbocycles. The van der Waals surface area contributed by atoms with Crippen molar-refractivity contribution >= 4 is 35.5 Å². The van der Waals surface area contributed by atoms with Gasteiger partial charge in [0.15, 0.2) is 0 Å². The summed E-state index contributed by atoms with van der Waals surface area (Å²) in [4.78, 5) is 12.8. The molecular weight excluding hydrogens is 373 g/mol. The van der Waals surface area contributed by atoms with Crippen LogP contribution in [0.1, 0.15) is 18.1 Å². The summed E-state index contributed by atoms with van der Waals surface area (Å²) < 4.78 is 37.9. The smallest absolute Gasteiger partial charge is 0.272 e. The van der Waals surface area contributed by atoms with E-state index in [2.05, 4.69) is 10.5 Å². The van der Waals surface area contributed by atoms with Crippen LogP contribution < -0.4 is 5.43 Å². The topological polar surface area (TPSA) is 41.5 Å². The molecular formula is C17H14ClF3N2OS. The predicted octanol–water partition coefficient (Wildman–Crippen LogP) is 4.99. The summed E-state index contributed by atoms with van der Waals surface area (Å²) in [5.41, 5.74) is 1.80. The average Bonchev–Trinajstić information content (AvgIpc) is 2.56. The second kappa shape index (κ2) is 8.40. The number of hydrazone groups is 1. The van der Waals surface area contributed by atoms with E-state index in [0.717, 1.165) is 17.0 Å². The zero-order chi connectivity index (χ0) is 18.4. The maximum atomic E-state index is 12.6. The average molecular weight is 387 g/mol. The molecule has 2 aromatic carbocycles. The number of nitrogens with one attached hydrogen (secondary N) is 1. The van der Waals surface area contributed by atoms with Crippen molar-refractivity contribution in [3.63, 3.8) is 0 Å². The molecule has 0 bridgehead atoms. The Kier molecular flexibility index (Phi) is 6.50. The molecule has 0 heterocycles. The SMILES string of the molecule is CC(Sc1ccc(Cl)cc1)C(=O)N/N=C/c1cccc(C(F)(F)F)c1. The van der Waals surface area contributed by atoms with Crippen LogP contribution in [0.3, 0.4) is 0 Å². The molecule has 3 nitrogen and oxygen atoms in total. The van der Waals surface area contributed by atoms with Crippen LogP contribution in [0.4, 0.5) is 13.2 Å². The third-order valence-corrected chi connectivity index (χ3v) is 4.46. The Bertz CT molecular complexity index is 763. The predicted molar refractivity (Wildman–Crippen MR) is 94.0 cm³/mol. The molecule has 1 atom stereocenters. The van der Waals surface area contributed by atoms with Crippen LogP contribution in [-0.4, -0.2) is 17.4 Å². The third-order valence-electron chi connectivity index (χ3n) is 3.10. The molecule has 0 aromatic heterocycles. The highest BCUT2D eigenvalue weighted by molar-refractivity contribution is 8.00. The number of carbonyl (C=O) groups excluding carboxylic acids is 1. The van der Waals surface area contributed by atoms with Crippen molar-refractivity contribution in [1.29, 1.82) is 0 Å². The summed E-state index contributed by atoms with van der Waals surface area (Å²) >= 11 is 7.12. The number of carbonyl (C=O) groups is 1. The van der Waals surface area contributed by atoms with Gasteiger partial charge in [-0.1, -0.05) is 23.7 Å². The molecule has 0 aliphatic rings. The Morgan fingerprint density at radius 1 is 1.24 bits per heavy atom.